The van der Waals surface area contributed by atoms with Gasteiger partial charge in [0.2, 0.25) is 5.91 Å². The number of unbranched alkanes of at least 4 members (excludes halogenated alkanes) is 1. The van der Waals surface area contributed by atoms with Crippen LogP contribution in [0.5, 0.6) is 0 Å². The fourth-order valence-electron chi connectivity index (χ4n) is 3.95. The number of carbonyl (C=O) groups is 1. The Balaban J connectivity index is 0.00000264. The van der Waals surface area contributed by atoms with Crippen LogP contribution in [0.4, 0.5) is 0 Å². The molecule has 1 unspecified atom stereocenters. The van der Waals surface area contributed by atoms with Crippen LogP contribution in [-0.2, 0) is 9.53 Å². The summed E-state index contributed by atoms with van der Waals surface area (Å²) < 4.78 is 5.48. The zero-order valence-corrected chi connectivity index (χ0v) is 16.6. The van der Waals surface area contributed by atoms with Crippen molar-refractivity contribution in [1.29, 1.82) is 0 Å². The summed E-state index contributed by atoms with van der Waals surface area (Å²) in [4.78, 5) is 15.1. The maximum absolute atomic E-state index is 12.6. The van der Waals surface area contributed by atoms with Gasteiger partial charge in [-0.15, -0.1) is 24.8 Å². The van der Waals surface area contributed by atoms with Crippen molar-refractivity contribution < 1.29 is 9.53 Å². The second-order valence-corrected chi connectivity index (χ2v) is 6.85. The number of nitrogens with one attached hydrogen (secondary N) is 1. The summed E-state index contributed by atoms with van der Waals surface area (Å²) in [7, 11) is 0. The maximum atomic E-state index is 12.6. The molecule has 0 aromatic heterocycles. The molecule has 1 aliphatic carbocycles. The van der Waals surface area contributed by atoms with Crippen molar-refractivity contribution in [2.45, 2.75) is 69.9 Å². The van der Waals surface area contributed by atoms with E-state index in [1.165, 1.54) is 12.8 Å². The molecule has 0 radical (unpaired) electrons. The first kappa shape index (κ1) is 23.9. The van der Waals surface area contributed by atoms with Crippen molar-refractivity contribution in [3.63, 3.8) is 0 Å². The Morgan fingerprint density at radius 2 is 1.88 bits per heavy atom. The van der Waals surface area contributed by atoms with Crippen LogP contribution in [-0.4, -0.2) is 55.2 Å². The number of ether oxygens (including phenoxy) is 1. The molecule has 144 valence electrons. The SMILES string of the molecule is CCCCC(CN)NC(=O)CC1(N2CCOCC2)CCCC1.Cl.Cl. The quantitative estimate of drug-likeness (QED) is 0.675. The number of hydrogen-bond acceptors (Lipinski definition) is 4. The number of nitrogens with zero attached hydrogens (tertiary/aromatic N) is 1. The van der Waals surface area contributed by atoms with Gasteiger partial charge in [0.25, 0.3) is 0 Å². The van der Waals surface area contributed by atoms with Crippen molar-refractivity contribution in [1.82, 2.24) is 10.2 Å². The summed E-state index contributed by atoms with van der Waals surface area (Å²) in [5.41, 5.74) is 5.87. The highest BCUT2D eigenvalue weighted by Gasteiger charge is 2.41. The molecular formula is C17H35Cl2N3O2. The number of halogens is 2. The van der Waals surface area contributed by atoms with Crippen molar-refractivity contribution in [2.24, 2.45) is 5.73 Å². The smallest absolute Gasteiger partial charge is 0.222 e. The molecule has 1 heterocycles. The van der Waals surface area contributed by atoms with Crippen molar-refractivity contribution in [2.75, 3.05) is 32.8 Å². The van der Waals surface area contributed by atoms with E-state index in [1.54, 1.807) is 0 Å². The topological polar surface area (TPSA) is 67.6 Å². The molecule has 0 aromatic carbocycles. The molecule has 1 atom stereocenters. The Morgan fingerprint density at radius 3 is 2.42 bits per heavy atom. The van der Waals surface area contributed by atoms with Crippen LogP contribution >= 0.6 is 24.8 Å². The fourth-order valence-corrected chi connectivity index (χ4v) is 3.95. The Bertz CT molecular complexity index is 347. The minimum atomic E-state index is 0. The molecule has 2 rings (SSSR count). The molecule has 1 aliphatic heterocycles. The molecule has 0 aromatic rings. The Labute approximate surface area is 159 Å². The number of amides is 1. The lowest BCUT2D eigenvalue weighted by Crippen LogP contribution is -2.54. The predicted octanol–water partition coefficient (Wildman–Crippen LogP) is 2.50. The van der Waals surface area contributed by atoms with Crippen molar-refractivity contribution >= 4 is 30.7 Å². The standard InChI is InChI=1S/C17H33N3O2.2ClH/c1-2-3-6-15(14-18)19-16(21)13-17(7-4-5-8-17)20-9-11-22-12-10-20;;/h15H,2-14,18H2,1H3,(H,19,21);2*1H. The molecule has 2 aliphatic rings. The Hall–Kier alpha value is -0.0700. The number of nitrogens with two attached hydrogens (primary N) is 1. The summed E-state index contributed by atoms with van der Waals surface area (Å²) in [5.74, 6) is 0.181. The number of rotatable bonds is 8. The second kappa shape index (κ2) is 12.3. The fraction of sp³-hybridized carbons (Fsp3) is 0.941. The summed E-state index contributed by atoms with van der Waals surface area (Å²) in [6.45, 7) is 6.22. The van der Waals surface area contributed by atoms with E-state index in [0.717, 1.165) is 58.4 Å². The van der Waals surface area contributed by atoms with Crippen LogP contribution in [0.15, 0.2) is 0 Å². The third kappa shape index (κ3) is 6.68. The van der Waals surface area contributed by atoms with E-state index in [-0.39, 0.29) is 42.3 Å². The summed E-state index contributed by atoms with van der Waals surface area (Å²) in [6.07, 6.45) is 8.63. The zero-order valence-electron chi connectivity index (χ0n) is 14.9. The first-order valence-electron chi connectivity index (χ1n) is 9.02. The van der Waals surface area contributed by atoms with E-state index in [4.69, 9.17) is 10.5 Å². The van der Waals surface area contributed by atoms with Crippen LogP contribution in [0, 0.1) is 0 Å². The van der Waals surface area contributed by atoms with Gasteiger partial charge in [-0.25, -0.2) is 0 Å². The number of carbonyl (C=O) groups excluding carboxylic acids is 1. The predicted molar refractivity (Wildman–Crippen MR) is 103 cm³/mol. The molecule has 24 heavy (non-hydrogen) atoms. The average molecular weight is 384 g/mol. The first-order chi connectivity index (χ1) is 10.7. The van der Waals surface area contributed by atoms with Crippen LogP contribution in [0.25, 0.3) is 0 Å². The summed E-state index contributed by atoms with van der Waals surface area (Å²) in [5, 5.41) is 3.17. The van der Waals surface area contributed by atoms with Gasteiger partial charge < -0.3 is 15.8 Å². The highest BCUT2D eigenvalue weighted by molar-refractivity contribution is 5.85. The second-order valence-electron chi connectivity index (χ2n) is 6.85. The van der Waals surface area contributed by atoms with Crippen LogP contribution < -0.4 is 11.1 Å². The maximum Gasteiger partial charge on any atom is 0.222 e. The van der Waals surface area contributed by atoms with Gasteiger partial charge in [-0.1, -0.05) is 32.6 Å². The van der Waals surface area contributed by atoms with E-state index in [1.807, 2.05) is 0 Å². The molecule has 0 bridgehead atoms. The molecule has 3 N–H and O–H groups in total. The molecule has 0 spiro atoms. The van der Waals surface area contributed by atoms with E-state index in [9.17, 15) is 4.79 Å². The molecule has 1 saturated heterocycles. The molecule has 5 nitrogen and oxygen atoms in total. The summed E-state index contributed by atoms with van der Waals surface area (Å²) in [6, 6.07) is 0.135. The third-order valence-corrected chi connectivity index (χ3v) is 5.26. The number of morpholine rings is 1. The van der Waals surface area contributed by atoms with Gasteiger partial charge in [0.1, 0.15) is 0 Å². The van der Waals surface area contributed by atoms with Gasteiger partial charge in [-0.3, -0.25) is 9.69 Å². The lowest BCUT2D eigenvalue weighted by Gasteiger charge is -2.43. The monoisotopic (exact) mass is 383 g/mol. The Morgan fingerprint density at radius 1 is 1.25 bits per heavy atom. The average Bonchev–Trinajstić information content (AvgIpc) is 3.02. The van der Waals surface area contributed by atoms with Crippen LogP contribution in [0.3, 0.4) is 0 Å². The van der Waals surface area contributed by atoms with Gasteiger partial charge in [0, 0.05) is 37.6 Å². The molecule has 2 fully saturated rings. The van der Waals surface area contributed by atoms with Crippen molar-refractivity contribution in [3.8, 4) is 0 Å². The summed E-state index contributed by atoms with van der Waals surface area (Å²) >= 11 is 0. The van der Waals surface area contributed by atoms with E-state index < -0.39 is 0 Å². The molecular weight excluding hydrogens is 349 g/mol. The molecule has 1 amide bonds. The molecule has 1 saturated carbocycles. The first-order valence-corrected chi connectivity index (χ1v) is 9.02. The van der Waals surface area contributed by atoms with Crippen LogP contribution in [0.1, 0.15) is 58.3 Å². The van der Waals surface area contributed by atoms with Gasteiger partial charge >= 0.3 is 0 Å². The third-order valence-electron chi connectivity index (χ3n) is 5.26. The largest absolute Gasteiger partial charge is 0.379 e. The lowest BCUT2D eigenvalue weighted by molar-refractivity contribution is -0.126. The van der Waals surface area contributed by atoms with Gasteiger partial charge in [0.05, 0.1) is 13.2 Å². The Kier molecular flexibility index (Phi) is 12.3. The van der Waals surface area contributed by atoms with Crippen molar-refractivity contribution in [3.05, 3.63) is 0 Å². The number of hydrogen-bond donors (Lipinski definition) is 2. The van der Waals surface area contributed by atoms with E-state index in [0.29, 0.717) is 13.0 Å². The highest BCUT2D eigenvalue weighted by atomic mass is 35.5. The van der Waals surface area contributed by atoms with E-state index in [2.05, 4.69) is 17.1 Å². The minimum absolute atomic E-state index is 0. The molecule has 7 heteroatoms. The van der Waals surface area contributed by atoms with Gasteiger partial charge in [0.15, 0.2) is 0 Å². The van der Waals surface area contributed by atoms with Gasteiger partial charge in [-0.2, -0.15) is 0 Å². The van der Waals surface area contributed by atoms with Crippen LogP contribution in [0.2, 0.25) is 0 Å². The normalized spacial score (nSPS) is 21.4. The highest BCUT2D eigenvalue weighted by Crippen LogP contribution is 2.38. The minimum Gasteiger partial charge on any atom is -0.379 e. The zero-order chi connectivity index (χ0) is 15.8. The van der Waals surface area contributed by atoms with E-state index >= 15 is 0 Å². The lowest BCUT2D eigenvalue weighted by atomic mass is 9.89. The van der Waals surface area contributed by atoms with Gasteiger partial charge in [-0.05, 0) is 19.3 Å².